The topological polar surface area (TPSA) is 52.7 Å². The summed E-state index contributed by atoms with van der Waals surface area (Å²) in [5.41, 5.74) is 4.76. The summed E-state index contributed by atoms with van der Waals surface area (Å²) >= 11 is 0. The van der Waals surface area contributed by atoms with E-state index in [1.807, 2.05) is 0 Å². The Bertz CT molecular complexity index is 184. The van der Waals surface area contributed by atoms with Crippen LogP contribution in [0.25, 0.3) is 0 Å². The van der Waals surface area contributed by atoms with Crippen molar-refractivity contribution in [2.75, 3.05) is 39.8 Å². The second kappa shape index (κ2) is 4.57. The molecule has 0 aliphatic carbocycles. The Hall–Kier alpha value is -0.160. The van der Waals surface area contributed by atoms with E-state index in [0.717, 1.165) is 19.6 Å². The molecule has 4 nitrogen and oxygen atoms in total. The molecule has 0 spiro atoms. The fourth-order valence-corrected chi connectivity index (χ4v) is 1.91. The van der Waals surface area contributed by atoms with Gasteiger partial charge in [0.1, 0.15) is 0 Å². The van der Waals surface area contributed by atoms with Crippen molar-refractivity contribution in [1.29, 1.82) is 0 Å². The number of rotatable bonds is 3. The summed E-state index contributed by atoms with van der Waals surface area (Å²) in [6.07, 6.45) is 0. The van der Waals surface area contributed by atoms with E-state index in [0.29, 0.717) is 19.1 Å². The Balaban J connectivity index is 2.45. The van der Waals surface area contributed by atoms with E-state index in [9.17, 15) is 5.11 Å². The van der Waals surface area contributed by atoms with Crippen LogP contribution in [-0.2, 0) is 0 Å². The van der Waals surface area contributed by atoms with Crippen molar-refractivity contribution in [3.8, 4) is 0 Å². The van der Waals surface area contributed by atoms with Crippen molar-refractivity contribution in [2.24, 2.45) is 5.73 Å². The summed E-state index contributed by atoms with van der Waals surface area (Å²) in [6.45, 7) is 8.17. The highest BCUT2D eigenvalue weighted by atomic mass is 16.3. The quantitative estimate of drug-likeness (QED) is 0.636. The third-order valence-electron chi connectivity index (χ3n) is 2.95. The number of nitrogens with zero attached hydrogens (tertiary/aromatic N) is 2. The Labute approximate surface area is 86.7 Å². The van der Waals surface area contributed by atoms with Crippen molar-refractivity contribution in [3.63, 3.8) is 0 Å². The Morgan fingerprint density at radius 2 is 2.14 bits per heavy atom. The standard InChI is InChI=1S/C10H23N3O/c1-9-6-12(3)4-5-13(9)8-10(2,14)7-11/h9,14H,4-8,11H2,1-3H3. The summed E-state index contributed by atoms with van der Waals surface area (Å²) in [4.78, 5) is 4.63. The predicted octanol–water partition coefficient (Wildman–Crippen LogP) is -0.668. The smallest absolute Gasteiger partial charge is 0.0867 e. The molecule has 0 aromatic rings. The lowest BCUT2D eigenvalue weighted by molar-refractivity contribution is -0.00541. The van der Waals surface area contributed by atoms with Crippen LogP contribution in [0.15, 0.2) is 0 Å². The molecule has 0 bridgehead atoms. The molecule has 2 atom stereocenters. The third-order valence-corrected chi connectivity index (χ3v) is 2.95. The maximum Gasteiger partial charge on any atom is 0.0867 e. The Kier molecular flexibility index (Phi) is 3.89. The second-order valence-corrected chi connectivity index (χ2v) is 4.78. The van der Waals surface area contributed by atoms with Gasteiger partial charge in [-0.1, -0.05) is 0 Å². The van der Waals surface area contributed by atoms with E-state index in [1.54, 1.807) is 6.92 Å². The highest BCUT2D eigenvalue weighted by Crippen LogP contribution is 2.12. The molecule has 2 unspecified atom stereocenters. The van der Waals surface area contributed by atoms with E-state index < -0.39 is 5.60 Å². The fraction of sp³-hybridized carbons (Fsp3) is 1.00. The van der Waals surface area contributed by atoms with Gasteiger partial charge in [-0.25, -0.2) is 0 Å². The number of piperazine rings is 1. The van der Waals surface area contributed by atoms with Crippen LogP contribution in [0.2, 0.25) is 0 Å². The molecule has 1 heterocycles. The number of hydrogen-bond donors (Lipinski definition) is 2. The summed E-state index contributed by atoms with van der Waals surface area (Å²) in [7, 11) is 2.13. The lowest BCUT2D eigenvalue weighted by Crippen LogP contribution is -2.56. The highest BCUT2D eigenvalue weighted by molar-refractivity contribution is 4.84. The van der Waals surface area contributed by atoms with Crippen molar-refractivity contribution in [2.45, 2.75) is 25.5 Å². The number of hydrogen-bond acceptors (Lipinski definition) is 4. The molecule has 1 aliphatic rings. The summed E-state index contributed by atoms with van der Waals surface area (Å²) < 4.78 is 0. The molecule has 1 fully saturated rings. The third kappa shape index (κ3) is 3.20. The lowest BCUT2D eigenvalue weighted by Gasteiger charge is -2.41. The second-order valence-electron chi connectivity index (χ2n) is 4.78. The van der Waals surface area contributed by atoms with Crippen molar-refractivity contribution >= 4 is 0 Å². The zero-order valence-corrected chi connectivity index (χ0v) is 9.53. The minimum atomic E-state index is -0.746. The molecule has 1 saturated heterocycles. The Morgan fingerprint density at radius 1 is 1.50 bits per heavy atom. The van der Waals surface area contributed by atoms with Gasteiger partial charge >= 0.3 is 0 Å². The first-order valence-electron chi connectivity index (χ1n) is 5.29. The number of β-amino-alcohol motifs (C(OH)–C–C–N with tert-alkyl or cyclic N) is 1. The number of aliphatic hydroxyl groups is 1. The SMILES string of the molecule is CC1CN(C)CCN1CC(C)(O)CN. The van der Waals surface area contributed by atoms with Gasteiger partial charge in [0.15, 0.2) is 0 Å². The van der Waals surface area contributed by atoms with Crippen LogP contribution in [0, 0.1) is 0 Å². The minimum absolute atomic E-state index is 0.325. The van der Waals surface area contributed by atoms with Crippen molar-refractivity contribution in [1.82, 2.24) is 9.80 Å². The average Bonchev–Trinajstić information content (AvgIpc) is 2.10. The first kappa shape index (κ1) is 11.9. The molecule has 84 valence electrons. The van der Waals surface area contributed by atoms with Gasteiger partial charge in [0, 0.05) is 38.8 Å². The van der Waals surface area contributed by atoms with Crippen LogP contribution in [0.1, 0.15) is 13.8 Å². The molecule has 14 heavy (non-hydrogen) atoms. The molecular formula is C10H23N3O. The summed E-state index contributed by atoms with van der Waals surface area (Å²) in [6, 6.07) is 0.506. The average molecular weight is 201 g/mol. The van der Waals surface area contributed by atoms with Crippen LogP contribution in [0.4, 0.5) is 0 Å². The molecule has 1 aliphatic heterocycles. The van der Waals surface area contributed by atoms with Crippen LogP contribution in [0.5, 0.6) is 0 Å². The van der Waals surface area contributed by atoms with Gasteiger partial charge in [-0.2, -0.15) is 0 Å². The molecule has 0 aromatic heterocycles. The maximum absolute atomic E-state index is 9.88. The predicted molar refractivity (Wildman–Crippen MR) is 58.2 cm³/mol. The normalized spacial score (nSPS) is 30.2. The molecule has 0 amide bonds. The van der Waals surface area contributed by atoms with E-state index in [1.165, 1.54) is 0 Å². The maximum atomic E-state index is 9.88. The van der Waals surface area contributed by atoms with E-state index in [-0.39, 0.29) is 0 Å². The molecule has 0 saturated carbocycles. The first-order chi connectivity index (χ1) is 6.44. The number of likely N-dealkylation sites (N-methyl/N-ethyl adjacent to an activating group) is 1. The van der Waals surface area contributed by atoms with Crippen molar-refractivity contribution in [3.05, 3.63) is 0 Å². The van der Waals surface area contributed by atoms with Gasteiger partial charge in [-0.15, -0.1) is 0 Å². The molecule has 3 N–H and O–H groups in total. The lowest BCUT2D eigenvalue weighted by atomic mass is 10.0. The Morgan fingerprint density at radius 3 is 2.64 bits per heavy atom. The highest BCUT2D eigenvalue weighted by Gasteiger charge is 2.28. The van der Waals surface area contributed by atoms with Crippen LogP contribution in [0.3, 0.4) is 0 Å². The van der Waals surface area contributed by atoms with Crippen LogP contribution < -0.4 is 5.73 Å². The van der Waals surface area contributed by atoms with Gasteiger partial charge in [0.2, 0.25) is 0 Å². The first-order valence-corrected chi connectivity index (χ1v) is 5.29. The molecule has 1 rings (SSSR count). The fourth-order valence-electron chi connectivity index (χ4n) is 1.91. The van der Waals surface area contributed by atoms with Gasteiger partial charge in [-0.05, 0) is 20.9 Å². The zero-order chi connectivity index (χ0) is 10.8. The molecule has 0 radical (unpaired) electrons. The van der Waals surface area contributed by atoms with Crippen LogP contribution >= 0.6 is 0 Å². The van der Waals surface area contributed by atoms with E-state index in [4.69, 9.17) is 5.73 Å². The van der Waals surface area contributed by atoms with Crippen LogP contribution in [-0.4, -0.2) is 66.3 Å². The largest absolute Gasteiger partial charge is 0.388 e. The van der Waals surface area contributed by atoms with Gasteiger partial charge in [-0.3, -0.25) is 4.90 Å². The summed E-state index contributed by atoms with van der Waals surface area (Å²) in [5, 5.41) is 9.88. The van der Waals surface area contributed by atoms with Gasteiger partial charge in [0.25, 0.3) is 0 Å². The zero-order valence-electron chi connectivity index (χ0n) is 9.53. The van der Waals surface area contributed by atoms with E-state index >= 15 is 0 Å². The van der Waals surface area contributed by atoms with Crippen molar-refractivity contribution < 1.29 is 5.11 Å². The molecular weight excluding hydrogens is 178 g/mol. The minimum Gasteiger partial charge on any atom is -0.388 e. The monoisotopic (exact) mass is 201 g/mol. The van der Waals surface area contributed by atoms with E-state index in [2.05, 4.69) is 23.8 Å². The van der Waals surface area contributed by atoms with Gasteiger partial charge in [0.05, 0.1) is 5.60 Å². The molecule has 4 heteroatoms. The van der Waals surface area contributed by atoms with Gasteiger partial charge < -0.3 is 15.7 Å². The summed E-state index contributed by atoms with van der Waals surface area (Å²) in [5.74, 6) is 0. The molecule has 0 aromatic carbocycles. The number of nitrogens with two attached hydrogens (primary N) is 1.